The van der Waals surface area contributed by atoms with E-state index < -0.39 is 0 Å². The number of rotatable bonds is 7. The molecule has 4 rings (SSSR count). The van der Waals surface area contributed by atoms with Crippen LogP contribution in [0.1, 0.15) is 28.2 Å². The van der Waals surface area contributed by atoms with Crippen LogP contribution in [0.25, 0.3) is 11.3 Å². The van der Waals surface area contributed by atoms with E-state index in [0.29, 0.717) is 32.0 Å². The molecule has 0 spiro atoms. The van der Waals surface area contributed by atoms with E-state index in [1.165, 1.54) is 0 Å². The van der Waals surface area contributed by atoms with Gasteiger partial charge in [0.2, 0.25) is 0 Å². The zero-order valence-corrected chi connectivity index (χ0v) is 16.1. The molecule has 3 aromatic rings. The predicted octanol–water partition coefficient (Wildman–Crippen LogP) is 3.25. The molecule has 1 aliphatic rings. The van der Waals surface area contributed by atoms with Crippen LogP contribution in [-0.4, -0.2) is 40.8 Å². The van der Waals surface area contributed by atoms with Gasteiger partial charge in [0.05, 0.1) is 18.5 Å². The third kappa shape index (κ3) is 3.41. The monoisotopic (exact) mass is 381 g/mol. The largest absolute Gasteiger partial charge is 0.488 e. The van der Waals surface area contributed by atoms with Gasteiger partial charge in [-0.3, -0.25) is 9.48 Å². The van der Waals surface area contributed by atoms with E-state index in [0.717, 1.165) is 34.8 Å². The SMILES string of the molecule is COCCCN(Cc1ccco1)C(=O)c1nn(C)c2c1COc1ccccc1-2. The molecule has 0 fully saturated rings. The van der Waals surface area contributed by atoms with Crippen molar-refractivity contribution in [2.24, 2.45) is 7.05 Å². The first-order chi connectivity index (χ1) is 13.7. The van der Waals surface area contributed by atoms with Gasteiger partial charge >= 0.3 is 0 Å². The highest BCUT2D eigenvalue weighted by Crippen LogP contribution is 2.38. The van der Waals surface area contributed by atoms with Gasteiger partial charge in [-0.05, 0) is 30.7 Å². The van der Waals surface area contributed by atoms with E-state index in [2.05, 4.69) is 5.10 Å². The Balaban J connectivity index is 1.66. The summed E-state index contributed by atoms with van der Waals surface area (Å²) in [6.07, 6.45) is 2.35. The lowest BCUT2D eigenvalue weighted by Crippen LogP contribution is -2.33. The molecule has 0 N–H and O–H groups in total. The zero-order chi connectivity index (χ0) is 19.5. The van der Waals surface area contributed by atoms with Crippen molar-refractivity contribution in [3.05, 3.63) is 59.7 Å². The average Bonchev–Trinajstić information content (AvgIpc) is 3.34. The van der Waals surface area contributed by atoms with Crippen LogP contribution >= 0.6 is 0 Å². The van der Waals surface area contributed by atoms with Gasteiger partial charge in [-0.15, -0.1) is 0 Å². The molecule has 0 saturated heterocycles. The highest BCUT2D eigenvalue weighted by Gasteiger charge is 2.30. The minimum Gasteiger partial charge on any atom is -0.488 e. The Hall–Kier alpha value is -3.06. The summed E-state index contributed by atoms with van der Waals surface area (Å²) in [4.78, 5) is 15.1. The Morgan fingerprint density at radius 1 is 1.29 bits per heavy atom. The summed E-state index contributed by atoms with van der Waals surface area (Å²) in [5, 5.41) is 4.55. The number of ether oxygens (including phenoxy) is 2. The van der Waals surface area contributed by atoms with Crippen molar-refractivity contribution < 1.29 is 18.7 Å². The van der Waals surface area contributed by atoms with Crippen LogP contribution in [0.5, 0.6) is 5.75 Å². The minimum atomic E-state index is -0.132. The fourth-order valence-corrected chi connectivity index (χ4v) is 3.54. The maximum absolute atomic E-state index is 13.4. The molecule has 2 aromatic heterocycles. The number of hydrogen-bond donors (Lipinski definition) is 0. The molecule has 0 atom stereocenters. The van der Waals surface area contributed by atoms with Gasteiger partial charge in [0.25, 0.3) is 5.91 Å². The number of aromatic nitrogens is 2. The highest BCUT2D eigenvalue weighted by molar-refractivity contribution is 5.96. The second-order valence-electron chi connectivity index (χ2n) is 6.74. The predicted molar refractivity (Wildman–Crippen MR) is 103 cm³/mol. The maximum atomic E-state index is 13.4. The summed E-state index contributed by atoms with van der Waals surface area (Å²) in [7, 11) is 3.52. The molecule has 0 unspecified atom stereocenters. The number of furan rings is 1. The quantitative estimate of drug-likeness (QED) is 0.588. The summed E-state index contributed by atoms with van der Waals surface area (Å²) in [6.45, 7) is 1.85. The van der Waals surface area contributed by atoms with Gasteiger partial charge in [0.15, 0.2) is 5.69 Å². The normalized spacial score (nSPS) is 12.2. The van der Waals surface area contributed by atoms with Crippen LogP contribution in [0.3, 0.4) is 0 Å². The molecule has 0 bridgehead atoms. The topological polar surface area (TPSA) is 69.7 Å². The Kier molecular flexibility index (Phi) is 5.16. The van der Waals surface area contributed by atoms with Crippen molar-refractivity contribution in [1.29, 1.82) is 0 Å². The lowest BCUT2D eigenvalue weighted by molar-refractivity contribution is 0.0702. The van der Waals surface area contributed by atoms with E-state index in [-0.39, 0.29) is 5.91 Å². The first-order valence-corrected chi connectivity index (χ1v) is 9.27. The molecule has 146 valence electrons. The summed E-state index contributed by atoms with van der Waals surface area (Å²) in [6, 6.07) is 11.5. The summed E-state index contributed by atoms with van der Waals surface area (Å²) >= 11 is 0. The summed E-state index contributed by atoms with van der Waals surface area (Å²) in [5.41, 5.74) is 3.13. The van der Waals surface area contributed by atoms with Crippen molar-refractivity contribution in [1.82, 2.24) is 14.7 Å². The first-order valence-electron chi connectivity index (χ1n) is 9.27. The lowest BCUT2D eigenvalue weighted by Gasteiger charge is -2.22. The van der Waals surface area contributed by atoms with Crippen LogP contribution in [0.4, 0.5) is 0 Å². The van der Waals surface area contributed by atoms with E-state index in [4.69, 9.17) is 13.9 Å². The van der Waals surface area contributed by atoms with Gasteiger partial charge in [0.1, 0.15) is 18.1 Å². The molecule has 7 nitrogen and oxygen atoms in total. The average molecular weight is 381 g/mol. The number of carbonyl (C=O) groups excluding carboxylic acids is 1. The Bertz CT molecular complexity index is 962. The zero-order valence-electron chi connectivity index (χ0n) is 16.1. The number of amides is 1. The van der Waals surface area contributed by atoms with Gasteiger partial charge in [-0.2, -0.15) is 5.10 Å². The Labute approximate surface area is 163 Å². The van der Waals surface area contributed by atoms with Crippen LogP contribution < -0.4 is 4.74 Å². The van der Waals surface area contributed by atoms with Crippen LogP contribution in [0.15, 0.2) is 47.1 Å². The van der Waals surface area contributed by atoms with Gasteiger partial charge in [-0.25, -0.2) is 0 Å². The number of nitrogens with zero attached hydrogens (tertiary/aromatic N) is 3. The molecule has 1 amide bonds. The molecule has 28 heavy (non-hydrogen) atoms. The third-order valence-corrected chi connectivity index (χ3v) is 4.85. The molecular weight excluding hydrogens is 358 g/mol. The number of para-hydroxylation sites is 1. The van der Waals surface area contributed by atoms with Crippen molar-refractivity contribution in [3.63, 3.8) is 0 Å². The van der Waals surface area contributed by atoms with Crippen molar-refractivity contribution in [3.8, 4) is 17.0 Å². The number of methoxy groups -OCH3 is 1. The van der Waals surface area contributed by atoms with E-state index in [1.807, 2.05) is 43.4 Å². The number of hydrogen-bond acceptors (Lipinski definition) is 5. The summed E-state index contributed by atoms with van der Waals surface area (Å²) < 4.78 is 18.2. The van der Waals surface area contributed by atoms with Crippen LogP contribution in [-0.2, 0) is 24.9 Å². The summed E-state index contributed by atoms with van der Waals surface area (Å²) in [5.74, 6) is 1.41. The standard InChI is InChI=1S/C21H23N3O4/c1-23-20-16-8-3-4-9-18(16)28-14-17(20)19(22-23)21(25)24(10-6-11-26-2)13-15-7-5-12-27-15/h3-5,7-9,12H,6,10-11,13-14H2,1-2H3. The van der Waals surface area contributed by atoms with Gasteiger partial charge in [-0.1, -0.05) is 12.1 Å². The van der Waals surface area contributed by atoms with Crippen molar-refractivity contribution in [2.75, 3.05) is 20.3 Å². The second-order valence-corrected chi connectivity index (χ2v) is 6.74. The van der Waals surface area contributed by atoms with E-state index in [9.17, 15) is 4.79 Å². The maximum Gasteiger partial charge on any atom is 0.275 e. The number of fused-ring (bicyclic) bond motifs is 3. The third-order valence-electron chi connectivity index (χ3n) is 4.85. The first kappa shape index (κ1) is 18.3. The van der Waals surface area contributed by atoms with Gasteiger partial charge < -0.3 is 18.8 Å². The Morgan fingerprint density at radius 2 is 2.14 bits per heavy atom. The molecule has 1 aromatic carbocycles. The smallest absolute Gasteiger partial charge is 0.275 e. The number of carbonyl (C=O) groups is 1. The Morgan fingerprint density at radius 3 is 2.93 bits per heavy atom. The molecular formula is C21H23N3O4. The van der Waals surface area contributed by atoms with Crippen LogP contribution in [0.2, 0.25) is 0 Å². The fourth-order valence-electron chi connectivity index (χ4n) is 3.54. The lowest BCUT2D eigenvalue weighted by atomic mass is 10.0. The molecule has 0 radical (unpaired) electrons. The minimum absolute atomic E-state index is 0.132. The molecule has 0 aliphatic carbocycles. The van der Waals surface area contributed by atoms with Crippen molar-refractivity contribution in [2.45, 2.75) is 19.6 Å². The van der Waals surface area contributed by atoms with Crippen LogP contribution in [0, 0.1) is 0 Å². The second kappa shape index (κ2) is 7.90. The van der Waals surface area contributed by atoms with Crippen molar-refractivity contribution >= 4 is 5.91 Å². The highest BCUT2D eigenvalue weighted by atomic mass is 16.5. The molecule has 1 aliphatic heterocycles. The molecule has 0 saturated carbocycles. The number of benzene rings is 1. The number of aryl methyl sites for hydroxylation is 1. The molecule has 3 heterocycles. The van der Waals surface area contributed by atoms with E-state index in [1.54, 1.807) is 23.0 Å². The fraction of sp³-hybridized carbons (Fsp3) is 0.333. The van der Waals surface area contributed by atoms with E-state index >= 15 is 0 Å². The van der Waals surface area contributed by atoms with Gasteiger partial charge in [0, 0.05) is 38.4 Å². The molecule has 7 heteroatoms.